The molecule has 1 aromatic heterocycles. The summed E-state index contributed by atoms with van der Waals surface area (Å²) < 4.78 is 10.6. The molecule has 2 aliphatic heterocycles. The third kappa shape index (κ3) is 3.23. The molecular formula is C19H24N6O2. The van der Waals surface area contributed by atoms with Crippen molar-refractivity contribution in [3.63, 3.8) is 0 Å². The highest BCUT2D eigenvalue weighted by atomic mass is 16.5. The average molecular weight is 368 g/mol. The van der Waals surface area contributed by atoms with Gasteiger partial charge in [-0.15, -0.1) is 10.2 Å². The Morgan fingerprint density at radius 3 is 2.78 bits per heavy atom. The van der Waals surface area contributed by atoms with Crippen molar-refractivity contribution in [3.05, 3.63) is 23.3 Å². The van der Waals surface area contributed by atoms with E-state index in [0.717, 1.165) is 18.8 Å². The summed E-state index contributed by atoms with van der Waals surface area (Å²) in [6, 6.07) is 4.12. The van der Waals surface area contributed by atoms with Crippen molar-refractivity contribution in [3.8, 4) is 6.07 Å². The smallest absolute Gasteiger partial charge is 0.227 e. The van der Waals surface area contributed by atoms with Gasteiger partial charge in [0.25, 0.3) is 0 Å². The molecule has 1 saturated heterocycles. The molecule has 2 fully saturated rings. The van der Waals surface area contributed by atoms with Crippen molar-refractivity contribution in [2.24, 2.45) is 10.4 Å². The van der Waals surface area contributed by atoms with Gasteiger partial charge in [0.15, 0.2) is 5.69 Å². The number of aliphatic imine (C=N–C) groups is 1. The lowest BCUT2D eigenvalue weighted by Crippen LogP contribution is -2.33. The summed E-state index contributed by atoms with van der Waals surface area (Å²) in [5.74, 6) is 0.524. The van der Waals surface area contributed by atoms with Crippen LogP contribution in [0.3, 0.4) is 0 Å². The molecule has 1 spiro atoms. The van der Waals surface area contributed by atoms with Crippen LogP contribution in [0.15, 0.2) is 16.9 Å². The molecule has 1 aliphatic carbocycles. The van der Waals surface area contributed by atoms with Gasteiger partial charge in [0.05, 0.1) is 18.4 Å². The van der Waals surface area contributed by atoms with Crippen molar-refractivity contribution in [2.75, 3.05) is 32.2 Å². The number of nitrogens with one attached hydrogen (secondary N) is 1. The molecule has 1 unspecified atom stereocenters. The second-order valence-corrected chi connectivity index (χ2v) is 7.41. The molecule has 8 nitrogen and oxygen atoms in total. The minimum atomic E-state index is -0.490. The average Bonchev–Trinajstić information content (AvgIpc) is 3.36. The van der Waals surface area contributed by atoms with Crippen molar-refractivity contribution >= 4 is 17.5 Å². The fourth-order valence-electron chi connectivity index (χ4n) is 4.41. The van der Waals surface area contributed by atoms with Gasteiger partial charge < -0.3 is 19.7 Å². The van der Waals surface area contributed by atoms with E-state index >= 15 is 0 Å². The lowest BCUT2D eigenvalue weighted by atomic mass is 9.86. The molecule has 8 heteroatoms. The van der Waals surface area contributed by atoms with Crippen LogP contribution in [0.4, 0.5) is 5.69 Å². The highest BCUT2D eigenvalue weighted by Crippen LogP contribution is 2.46. The van der Waals surface area contributed by atoms with E-state index in [4.69, 9.17) is 9.47 Å². The van der Waals surface area contributed by atoms with Crippen LogP contribution in [0.25, 0.3) is 5.57 Å². The van der Waals surface area contributed by atoms with Gasteiger partial charge in [0.1, 0.15) is 11.8 Å². The Balaban J connectivity index is 1.67. The lowest BCUT2D eigenvalue weighted by Gasteiger charge is -2.25. The predicted octanol–water partition coefficient (Wildman–Crippen LogP) is 2.04. The van der Waals surface area contributed by atoms with Crippen LogP contribution >= 0.6 is 0 Å². The van der Waals surface area contributed by atoms with E-state index in [1.807, 2.05) is 6.07 Å². The number of hydrogen-bond donors (Lipinski definition) is 1. The molecule has 1 saturated carbocycles. The molecule has 1 N–H and O–H groups in total. The molecule has 1 aromatic rings. The number of nitriles is 1. The molecular weight excluding hydrogens is 344 g/mol. The van der Waals surface area contributed by atoms with Crippen LogP contribution in [0, 0.1) is 16.7 Å². The molecule has 27 heavy (non-hydrogen) atoms. The van der Waals surface area contributed by atoms with Gasteiger partial charge in [-0.1, -0.05) is 12.8 Å². The molecule has 0 amide bonds. The SMILES string of the molecule is COC1=C(c2cc(N3CCC4(CCCC4)C3)c(C#N)nn2)C=NC(OC)N1. The molecule has 0 bridgehead atoms. The first-order valence-corrected chi connectivity index (χ1v) is 9.32. The van der Waals surface area contributed by atoms with Gasteiger partial charge in [-0.2, -0.15) is 5.26 Å². The van der Waals surface area contributed by atoms with Gasteiger partial charge in [-0.3, -0.25) is 0 Å². The zero-order chi connectivity index (χ0) is 18.9. The van der Waals surface area contributed by atoms with Crippen molar-refractivity contribution in [1.29, 1.82) is 5.26 Å². The van der Waals surface area contributed by atoms with Gasteiger partial charge >= 0.3 is 0 Å². The first-order chi connectivity index (χ1) is 13.2. The van der Waals surface area contributed by atoms with E-state index in [2.05, 4.69) is 31.5 Å². The first-order valence-electron chi connectivity index (χ1n) is 9.32. The molecule has 0 radical (unpaired) electrons. The fraction of sp³-hybridized carbons (Fsp3) is 0.579. The maximum Gasteiger partial charge on any atom is 0.227 e. The van der Waals surface area contributed by atoms with E-state index in [1.165, 1.54) is 32.1 Å². The maximum atomic E-state index is 9.53. The summed E-state index contributed by atoms with van der Waals surface area (Å²) in [6.07, 6.45) is 7.55. The third-order valence-corrected chi connectivity index (χ3v) is 5.86. The highest BCUT2D eigenvalue weighted by molar-refractivity contribution is 6.10. The quantitative estimate of drug-likeness (QED) is 0.869. The van der Waals surface area contributed by atoms with Crippen LogP contribution in [0.1, 0.15) is 43.5 Å². The normalized spacial score (nSPS) is 23.6. The summed E-state index contributed by atoms with van der Waals surface area (Å²) in [6.45, 7) is 1.94. The number of ether oxygens (including phenoxy) is 2. The van der Waals surface area contributed by atoms with E-state index in [-0.39, 0.29) is 0 Å². The molecule has 4 rings (SSSR count). The van der Waals surface area contributed by atoms with Gasteiger partial charge in [0, 0.05) is 26.4 Å². The van der Waals surface area contributed by atoms with Crippen LogP contribution in [0.5, 0.6) is 0 Å². The fourth-order valence-corrected chi connectivity index (χ4v) is 4.41. The first kappa shape index (κ1) is 17.7. The van der Waals surface area contributed by atoms with E-state index < -0.39 is 6.35 Å². The number of anilines is 1. The Morgan fingerprint density at radius 1 is 1.26 bits per heavy atom. The predicted molar refractivity (Wildman–Crippen MR) is 101 cm³/mol. The van der Waals surface area contributed by atoms with Crippen LogP contribution in [0.2, 0.25) is 0 Å². The number of allylic oxidation sites excluding steroid dienone is 1. The zero-order valence-electron chi connectivity index (χ0n) is 15.7. The Morgan fingerprint density at radius 2 is 2.07 bits per heavy atom. The minimum Gasteiger partial charge on any atom is -0.482 e. The standard InChI is InChI=1S/C19H24N6O2/c1-26-17-13(11-21-18(22-17)27-2)14-9-16(15(10-20)24-23-14)25-8-7-19(12-25)5-3-4-6-19/h9,11,18,22H,3-8,12H2,1-2H3. The van der Waals surface area contributed by atoms with Gasteiger partial charge in [-0.05, 0) is 30.7 Å². The summed E-state index contributed by atoms with van der Waals surface area (Å²) in [7, 11) is 3.15. The Kier molecular flexibility index (Phi) is 4.70. The molecule has 142 valence electrons. The van der Waals surface area contributed by atoms with Crippen molar-refractivity contribution in [1.82, 2.24) is 15.5 Å². The summed E-state index contributed by atoms with van der Waals surface area (Å²) in [5, 5.41) is 21.0. The third-order valence-electron chi connectivity index (χ3n) is 5.86. The van der Waals surface area contributed by atoms with Crippen molar-refractivity contribution < 1.29 is 9.47 Å². The number of rotatable bonds is 4. The Labute approximate surface area is 158 Å². The molecule has 1 atom stereocenters. The second kappa shape index (κ2) is 7.16. The monoisotopic (exact) mass is 368 g/mol. The summed E-state index contributed by atoms with van der Waals surface area (Å²) in [5.41, 5.74) is 2.94. The number of hydrogen-bond acceptors (Lipinski definition) is 8. The van der Waals surface area contributed by atoms with E-state index in [1.54, 1.807) is 20.4 Å². The number of nitrogens with zero attached hydrogens (tertiary/aromatic N) is 5. The second-order valence-electron chi connectivity index (χ2n) is 7.41. The summed E-state index contributed by atoms with van der Waals surface area (Å²) in [4.78, 5) is 6.58. The Hall–Kier alpha value is -2.66. The van der Waals surface area contributed by atoms with Crippen LogP contribution in [-0.4, -0.2) is 50.1 Å². The summed E-state index contributed by atoms with van der Waals surface area (Å²) >= 11 is 0. The number of methoxy groups -OCH3 is 2. The van der Waals surface area contributed by atoms with Gasteiger partial charge in [-0.25, -0.2) is 4.99 Å². The van der Waals surface area contributed by atoms with E-state index in [0.29, 0.717) is 28.3 Å². The maximum absolute atomic E-state index is 9.53. The zero-order valence-corrected chi connectivity index (χ0v) is 15.7. The topological polar surface area (TPSA) is 95.7 Å². The Bertz CT molecular complexity index is 822. The van der Waals surface area contributed by atoms with Crippen LogP contribution < -0.4 is 10.2 Å². The highest BCUT2D eigenvalue weighted by Gasteiger charge is 2.41. The lowest BCUT2D eigenvalue weighted by molar-refractivity contribution is 0.0705. The number of aromatic nitrogens is 2. The van der Waals surface area contributed by atoms with Crippen LogP contribution in [-0.2, 0) is 9.47 Å². The minimum absolute atomic E-state index is 0.365. The van der Waals surface area contributed by atoms with E-state index in [9.17, 15) is 5.26 Å². The van der Waals surface area contributed by atoms with Crippen molar-refractivity contribution in [2.45, 2.75) is 38.5 Å². The molecule has 3 heterocycles. The van der Waals surface area contributed by atoms with Gasteiger partial charge in [0.2, 0.25) is 12.2 Å². The largest absolute Gasteiger partial charge is 0.482 e. The molecule has 0 aromatic carbocycles. The molecule has 3 aliphatic rings.